The van der Waals surface area contributed by atoms with Crippen LogP contribution in [0.4, 0.5) is 36.4 Å². The van der Waals surface area contributed by atoms with E-state index < -0.39 is 63.6 Å². The smallest absolute Gasteiger partial charge is 0.349 e. The fraction of sp³-hybridized carbons (Fsp3) is 0.333. The lowest BCUT2D eigenvalue weighted by atomic mass is 9.99. The first-order chi connectivity index (χ1) is 22.2. The van der Waals surface area contributed by atoms with E-state index in [4.69, 9.17) is 11.6 Å². The Bertz CT molecular complexity index is 1980. The average molecular weight is 722 g/mol. The number of carbonyl (C=O) groups excluding carboxylic acids is 2. The van der Waals surface area contributed by atoms with Crippen LogP contribution in [0.2, 0.25) is 5.02 Å². The minimum atomic E-state index is -6.38. The summed E-state index contributed by atoms with van der Waals surface area (Å²) in [4.78, 5) is 42.4. The van der Waals surface area contributed by atoms with Gasteiger partial charge >= 0.3 is 23.7 Å². The first kappa shape index (κ1) is 36.6. The number of benzene rings is 2. The second-order valence-electron chi connectivity index (χ2n) is 11.0. The molecule has 4 rings (SSSR count). The molecule has 0 spiro atoms. The zero-order chi connectivity index (χ0) is 35.9. The number of halogens is 8. The number of hydrogen-bond donors (Lipinski definition) is 2. The lowest BCUT2D eigenvalue weighted by Gasteiger charge is -2.29. The number of rotatable bonds is 9. The molecule has 0 aliphatic carbocycles. The Morgan fingerprint density at radius 1 is 1.00 bits per heavy atom. The monoisotopic (exact) mass is 721 g/mol. The molecule has 2 N–H and O–H groups in total. The Kier molecular flexibility index (Phi) is 10.2. The molecule has 9 nitrogen and oxygen atoms in total. The van der Waals surface area contributed by atoms with Gasteiger partial charge in [0.25, 0.3) is 11.8 Å². The standard InChI is InChI=1S/C30H27ClF7N5O4S/c1-15-10-17(8-9-20(15)41-25(44)18-6-5-7-19(31)24(18)26(45)40-16(2)14-48(4)47)13-43-22-12-39-23(11-21(22)42(3)27(43)46)28(32,29(33,34)35)30(36,37)38/h5-12,16H,13-14H2,1-4H3,(H,40,45)(H,41,44). The van der Waals surface area contributed by atoms with Gasteiger partial charge < -0.3 is 10.6 Å². The molecule has 0 fully saturated rings. The second kappa shape index (κ2) is 13.3. The van der Waals surface area contributed by atoms with E-state index in [9.17, 15) is 49.3 Å². The number of anilines is 1. The zero-order valence-corrected chi connectivity index (χ0v) is 27.1. The number of fused-ring (bicyclic) bond motifs is 1. The topological polar surface area (TPSA) is 115 Å². The number of nitrogens with zero attached hydrogens (tertiary/aromatic N) is 3. The molecule has 0 aliphatic heterocycles. The molecule has 0 aliphatic rings. The van der Waals surface area contributed by atoms with Crippen molar-refractivity contribution in [1.82, 2.24) is 19.4 Å². The Morgan fingerprint density at radius 2 is 1.65 bits per heavy atom. The minimum Gasteiger partial charge on any atom is -0.349 e. The second-order valence-corrected chi connectivity index (χ2v) is 12.9. The lowest BCUT2D eigenvalue weighted by molar-refractivity contribution is -0.349. The van der Waals surface area contributed by atoms with Gasteiger partial charge in [0, 0.05) is 41.6 Å². The Morgan fingerprint density at radius 3 is 2.23 bits per heavy atom. The maximum absolute atomic E-state index is 14.6. The highest BCUT2D eigenvalue weighted by Gasteiger charge is 2.74. The summed E-state index contributed by atoms with van der Waals surface area (Å²) >= 11 is 6.26. The number of aryl methyl sites for hydroxylation is 2. The van der Waals surface area contributed by atoms with Crippen molar-refractivity contribution < 1.29 is 44.5 Å². The Balaban J connectivity index is 1.61. The van der Waals surface area contributed by atoms with Crippen molar-refractivity contribution in [3.05, 3.63) is 92.1 Å². The van der Waals surface area contributed by atoms with E-state index in [1.807, 2.05) is 0 Å². The fourth-order valence-electron chi connectivity index (χ4n) is 5.06. The highest BCUT2D eigenvalue weighted by molar-refractivity contribution is 7.84. The summed E-state index contributed by atoms with van der Waals surface area (Å²) in [5.41, 5.74) is -8.04. The van der Waals surface area contributed by atoms with Gasteiger partial charge in [-0.3, -0.25) is 27.9 Å². The van der Waals surface area contributed by atoms with Crippen molar-refractivity contribution >= 4 is 50.9 Å². The lowest BCUT2D eigenvalue weighted by Crippen LogP contribution is -2.50. The molecule has 0 saturated heterocycles. The van der Waals surface area contributed by atoms with Gasteiger partial charge in [-0.2, -0.15) is 26.3 Å². The number of imidazole rings is 1. The van der Waals surface area contributed by atoms with Gasteiger partial charge in [0.2, 0.25) is 0 Å². The molecule has 0 saturated carbocycles. The Hall–Kier alpha value is -4.25. The van der Waals surface area contributed by atoms with E-state index in [2.05, 4.69) is 15.6 Å². The molecule has 2 amide bonds. The van der Waals surface area contributed by atoms with E-state index in [-0.39, 0.29) is 40.0 Å². The molecule has 2 aromatic carbocycles. The molecular formula is C30H27ClF7N5O4S. The number of alkyl halides is 7. The van der Waals surface area contributed by atoms with Gasteiger partial charge in [0.15, 0.2) is 0 Å². The van der Waals surface area contributed by atoms with Crippen LogP contribution >= 0.6 is 11.6 Å². The van der Waals surface area contributed by atoms with E-state index >= 15 is 0 Å². The van der Waals surface area contributed by atoms with Crippen LogP contribution in [0, 0.1) is 6.92 Å². The summed E-state index contributed by atoms with van der Waals surface area (Å²) in [5.74, 6) is -1.15. The molecule has 2 aromatic heterocycles. The zero-order valence-electron chi connectivity index (χ0n) is 25.5. The third kappa shape index (κ3) is 6.97. The first-order valence-corrected chi connectivity index (χ1v) is 16.0. The molecule has 2 atom stereocenters. The molecule has 4 aromatic rings. The van der Waals surface area contributed by atoms with Gasteiger partial charge in [-0.15, -0.1) is 0 Å². The number of pyridine rings is 1. The van der Waals surface area contributed by atoms with Crippen LogP contribution in [0.1, 0.15) is 44.5 Å². The van der Waals surface area contributed by atoms with Crippen molar-refractivity contribution in [3.63, 3.8) is 0 Å². The summed E-state index contributed by atoms with van der Waals surface area (Å²) in [6.07, 6.45) is -10.7. The largest absolute Gasteiger partial charge is 0.437 e. The highest BCUT2D eigenvalue weighted by atomic mass is 35.5. The summed E-state index contributed by atoms with van der Waals surface area (Å²) in [6, 6.07) is 8.64. The molecular weight excluding hydrogens is 695 g/mol. The predicted octanol–water partition coefficient (Wildman–Crippen LogP) is 5.78. The normalized spacial score (nSPS) is 13.8. The van der Waals surface area contributed by atoms with Gasteiger partial charge in [-0.25, -0.2) is 9.18 Å². The van der Waals surface area contributed by atoms with Crippen LogP contribution < -0.4 is 16.3 Å². The maximum Gasteiger partial charge on any atom is 0.437 e. The van der Waals surface area contributed by atoms with Crippen LogP contribution in [0.25, 0.3) is 11.0 Å². The first-order valence-electron chi connectivity index (χ1n) is 13.9. The van der Waals surface area contributed by atoms with Crippen molar-refractivity contribution in [2.24, 2.45) is 7.05 Å². The summed E-state index contributed by atoms with van der Waals surface area (Å²) in [7, 11) is -0.0857. The third-order valence-corrected chi connectivity index (χ3v) is 8.68. The van der Waals surface area contributed by atoms with Crippen LogP contribution in [-0.4, -0.2) is 60.5 Å². The maximum atomic E-state index is 14.6. The quantitative estimate of drug-likeness (QED) is 0.213. The summed E-state index contributed by atoms with van der Waals surface area (Å²) < 4.78 is 108. The van der Waals surface area contributed by atoms with Crippen molar-refractivity contribution in [2.75, 3.05) is 17.3 Å². The van der Waals surface area contributed by atoms with Gasteiger partial charge in [0.1, 0.15) is 0 Å². The van der Waals surface area contributed by atoms with Crippen molar-refractivity contribution in [1.29, 1.82) is 0 Å². The number of amides is 2. The molecule has 2 heterocycles. The average Bonchev–Trinajstić information content (AvgIpc) is 3.20. The minimum absolute atomic E-state index is 0.00759. The SMILES string of the molecule is Cc1cc(Cn2c(=O)n(C)c3cc(C(F)(C(F)(F)F)C(F)(F)F)ncc32)ccc1NC(=O)c1cccc(Cl)c1C(=O)NC(C)CS(C)=O. The number of carbonyl (C=O) groups is 2. The molecule has 48 heavy (non-hydrogen) atoms. The van der Waals surface area contributed by atoms with E-state index in [0.29, 0.717) is 23.0 Å². The number of hydrogen-bond acceptors (Lipinski definition) is 5. The molecule has 18 heteroatoms. The third-order valence-electron chi connectivity index (χ3n) is 7.39. The summed E-state index contributed by atoms with van der Waals surface area (Å²) in [6.45, 7) is 3.05. The van der Waals surface area contributed by atoms with Crippen molar-refractivity contribution in [2.45, 2.75) is 44.5 Å². The fourth-order valence-corrected chi connectivity index (χ4v) is 6.11. The molecule has 0 radical (unpaired) electrons. The highest BCUT2D eigenvalue weighted by Crippen LogP contribution is 2.52. The molecule has 258 valence electrons. The van der Waals surface area contributed by atoms with Gasteiger partial charge in [-0.1, -0.05) is 29.8 Å². The van der Waals surface area contributed by atoms with E-state index in [0.717, 1.165) is 16.2 Å². The Labute approximate surface area is 275 Å². The van der Waals surface area contributed by atoms with Gasteiger partial charge in [0.05, 0.1) is 45.6 Å². The van der Waals surface area contributed by atoms with Crippen LogP contribution in [0.3, 0.4) is 0 Å². The van der Waals surface area contributed by atoms with E-state index in [1.54, 1.807) is 19.9 Å². The predicted molar refractivity (Wildman–Crippen MR) is 165 cm³/mol. The van der Waals surface area contributed by atoms with Crippen LogP contribution in [-0.2, 0) is 30.1 Å². The van der Waals surface area contributed by atoms with Gasteiger partial charge in [-0.05, 0) is 49.2 Å². The number of nitrogens with one attached hydrogen (secondary N) is 2. The molecule has 0 bridgehead atoms. The van der Waals surface area contributed by atoms with Crippen LogP contribution in [0.5, 0.6) is 0 Å². The van der Waals surface area contributed by atoms with Crippen LogP contribution in [0.15, 0.2) is 53.5 Å². The number of aromatic nitrogens is 3. The van der Waals surface area contributed by atoms with E-state index in [1.165, 1.54) is 36.6 Å². The van der Waals surface area contributed by atoms with Crippen molar-refractivity contribution in [3.8, 4) is 0 Å². The summed E-state index contributed by atoms with van der Waals surface area (Å²) in [5, 5.41) is 5.36. The molecule has 2 unspecified atom stereocenters.